The summed E-state index contributed by atoms with van der Waals surface area (Å²) in [5.41, 5.74) is 7.63. The van der Waals surface area contributed by atoms with Gasteiger partial charge in [0.25, 0.3) is 0 Å². The van der Waals surface area contributed by atoms with Crippen molar-refractivity contribution < 1.29 is 13.9 Å². The first-order valence-corrected chi connectivity index (χ1v) is 5.91. The van der Waals surface area contributed by atoms with Crippen molar-refractivity contribution in [2.75, 3.05) is 12.8 Å². The molecule has 0 fully saturated rings. The Morgan fingerprint density at radius 3 is 2.63 bits per heavy atom. The van der Waals surface area contributed by atoms with Gasteiger partial charge in [-0.1, -0.05) is 11.6 Å². The van der Waals surface area contributed by atoms with E-state index in [0.717, 1.165) is 16.9 Å². The highest BCUT2D eigenvalue weighted by Crippen LogP contribution is 2.23. The highest BCUT2D eigenvalue weighted by atomic mass is 19.1. The van der Waals surface area contributed by atoms with Crippen molar-refractivity contribution in [3.63, 3.8) is 0 Å². The average molecular weight is 261 g/mol. The quantitative estimate of drug-likeness (QED) is 0.859. The zero-order chi connectivity index (χ0) is 13.8. The molecule has 0 heterocycles. The molecule has 0 bridgehead atoms. The Hall–Kier alpha value is -2.23. The third kappa shape index (κ3) is 3.16. The molecule has 0 aliphatic rings. The first kappa shape index (κ1) is 13.2. The minimum atomic E-state index is -0.444. The molecule has 2 N–H and O–H groups in total. The minimum absolute atomic E-state index is 0.0775. The van der Waals surface area contributed by atoms with E-state index >= 15 is 0 Å². The molecule has 2 aromatic rings. The van der Waals surface area contributed by atoms with Crippen LogP contribution in [0.15, 0.2) is 36.4 Å². The highest BCUT2D eigenvalue weighted by molar-refractivity contribution is 5.45. The van der Waals surface area contributed by atoms with Gasteiger partial charge >= 0.3 is 0 Å². The van der Waals surface area contributed by atoms with Crippen molar-refractivity contribution >= 4 is 5.69 Å². The van der Waals surface area contributed by atoms with Crippen molar-refractivity contribution in [1.29, 1.82) is 0 Å². The molecular formula is C15H16FNO2. The largest absolute Gasteiger partial charge is 0.496 e. The highest BCUT2D eigenvalue weighted by Gasteiger charge is 2.05. The van der Waals surface area contributed by atoms with Gasteiger partial charge in [0.2, 0.25) is 0 Å². The smallest absolute Gasteiger partial charge is 0.146 e. The van der Waals surface area contributed by atoms with Crippen LogP contribution in [0.5, 0.6) is 11.5 Å². The lowest BCUT2D eigenvalue weighted by Crippen LogP contribution is -2.00. The van der Waals surface area contributed by atoms with Gasteiger partial charge in [0.05, 0.1) is 12.8 Å². The number of nitrogen functional groups attached to an aromatic ring is 1. The van der Waals surface area contributed by atoms with E-state index in [1.54, 1.807) is 13.2 Å². The fourth-order valence-corrected chi connectivity index (χ4v) is 1.79. The van der Waals surface area contributed by atoms with Crippen molar-refractivity contribution in [2.45, 2.75) is 13.5 Å². The number of rotatable bonds is 4. The molecular weight excluding hydrogens is 245 g/mol. The molecule has 19 heavy (non-hydrogen) atoms. The van der Waals surface area contributed by atoms with Gasteiger partial charge < -0.3 is 15.2 Å². The van der Waals surface area contributed by atoms with Crippen LogP contribution < -0.4 is 15.2 Å². The molecule has 2 rings (SSSR count). The zero-order valence-corrected chi connectivity index (χ0v) is 10.9. The number of ether oxygens (including phenoxy) is 2. The Labute approximate surface area is 111 Å². The number of halogens is 1. The lowest BCUT2D eigenvalue weighted by atomic mass is 10.1. The maximum Gasteiger partial charge on any atom is 0.146 e. The second-order valence-corrected chi connectivity index (χ2v) is 4.29. The minimum Gasteiger partial charge on any atom is -0.496 e. The van der Waals surface area contributed by atoms with Crippen LogP contribution in [0.1, 0.15) is 11.1 Å². The number of methoxy groups -OCH3 is 1. The Kier molecular flexibility index (Phi) is 3.90. The van der Waals surface area contributed by atoms with Crippen LogP contribution in [0.25, 0.3) is 0 Å². The number of anilines is 1. The molecule has 0 aliphatic carbocycles. The maximum absolute atomic E-state index is 13.0. The van der Waals surface area contributed by atoms with Crippen molar-refractivity contribution in [3.05, 3.63) is 53.3 Å². The van der Waals surface area contributed by atoms with E-state index in [4.69, 9.17) is 15.2 Å². The van der Waals surface area contributed by atoms with Crippen molar-refractivity contribution in [1.82, 2.24) is 0 Å². The topological polar surface area (TPSA) is 44.5 Å². The van der Waals surface area contributed by atoms with E-state index in [-0.39, 0.29) is 5.69 Å². The molecule has 0 atom stereocenters. The van der Waals surface area contributed by atoms with Crippen LogP contribution in [0.4, 0.5) is 10.1 Å². The monoisotopic (exact) mass is 261 g/mol. The predicted octanol–water partition coefficient (Wildman–Crippen LogP) is 3.30. The average Bonchev–Trinajstić information content (AvgIpc) is 2.40. The summed E-state index contributed by atoms with van der Waals surface area (Å²) in [5.74, 6) is 0.851. The molecule has 0 saturated carbocycles. The van der Waals surface area contributed by atoms with E-state index in [2.05, 4.69) is 0 Å². The molecule has 0 aliphatic heterocycles. The second-order valence-electron chi connectivity index (χ2n) is 4.29. The zero-order valence-electron chi connectivity index (χ0n) is 10.9. The molecule has 4 heteroatoms. The Morgan fingerprint density at radius 1 is 1.16 bits per heavy atom. The summed E-state index contributed by atoms with van der Waals surface area (Å²) in [7, 11) is 1.62. The molecule has 0 spiro atoms. The number of hydrogen-bond donors (Lipinski definition) is 1. The molecule has 0 saturated heterocycles. The number of hydrogen-bond acceptors (Lipinski definition) is 3. The molecule has 0 radical (unpaired) electrons. The Bertz CT molecular complexity index is 584. The molecule has 2 aromatic carbocycles. The van der Waals surface area contributed by atoms with Crippen molar-refractivity contribution in [3.8, 4) is 11.5 Å². The van der Waals surface area contributed by atoms with E-state index in [9.17, 15) is 4.39 Å². The van der Waals surface area contributed by atoms with Gasteiger partial charge in [-0.3, -0.25) is 0 Å². The van der Waals surface area contributed by atoms with Gasteiger partial charge in [-0.15, -0.1) is 0 Å². The fourth-order valence-electron chi connectivity index (χ4n) is 1.79. The summed E-state index contributed by atoms with van der Waals surface area (Å²) < 4.78 is 23.9. The summed E-state index contributed by atoms with van der Waals surface area (Å²) in [6, 6.07) is 10.2. The van der Waals surface area contributed by atoms with Gasteiger partial charge in [0.1, 0.15) is 23.9 Å². The van der Waals surface area contributed by atoms with Gasteiger partial charge in [-0.2, -0.15) is 0 Å². The molecule has 0 aromatic heterocycles. The summed E-state index contributed by atoms with van der Waals surface area (Å²) in [6.07, 6.45) is 0. The summed E-state index contributed by atoms with van der Waals surface area (Å²) in [6.45, 7) is 2.34. The Morgan fingerprint density at radius 2 is 1.95 bits per heavy atom. The third-order valence-electron chi connectivity index (χ3n) is 2.80. The summed E-state index contributed by atoms with van der Waals surface area (Å²) >= 11 is 0. The van der Waals surface area contributed by atoms with Crippen LogP contribution in [-0.2, 0) is 6.61 Å². The second kappa shape index (κ2) is 5.61. The van der Waals surface area contributed by atoms with E-state index in [1.807, 2.05) is 25.1 Å². The summed E-state index contributed by atoms with van der Waals surface area (Å²) in [5, 5.41) is 0. The first-order chi connectivity index (χ1) is 9.10. The lowest BCUT2D eigenvalue weighted by molar-refractivity contribution is 0.296. The predicted molar refractivity (Wildman–Crippen MR) is 72.9 cm³/mol. The van der Waals surface area contributed by atoms with E-state index < -0.39 is 5.82 Å². The molecule has 3 nitrogen and oxygen atoms in total. The third-order valence-corrected chi connectivity index (χ3v) is 2.80. The van der Waals surface area contributed by atoms with Crippen LogP contribution in [-0.4, -0.2) is 7.11 Å². The standard InChI is InChI=1S/C15H16FNO2/c1-10-3-6-15(18-2)11(7-10)9-19-12-4-5-13(16)14(17)8-12/h3-8H,9,17H2,1-2H3. The number of aryl methyl sites for hydroxylation is 1. The van der Waals surface area contributed by atoms with Gasteiger partial charge in [0.15, 0.2) is 0 Å². The van der Waals surface area contributed by atoms with E-state index in [0.29, 0.717) is 12.4 Å². The molecule has 0 unspecified atom stereocenters. The fraction of sp³-hybridized carbons (Fsp3) is 0.200. The lowest BCUT2D eigenvalue weighted by Gasteiger charge is -2.11. The van der Waals surface area contributed by atoms with E-state index in [1.165, 1.54) is 12.1 Å². The Balaban J connectivity index is 2.13. The number of nitrogens with two attached hydrogens (primary N) is 1. The maximum atomic E-state index is 13.0. The summed E-state index contributed by atoms with van der Waals surface area (Å²) in [4.78, 5) is 0. The SMILES string of the molecule is COc1ccc(C)cc1COc1ccc(F)c(N)c1. The molecule has 0 amide bonds. The molecule has 100 valence electrons. The van der Waals surface area contributed by atoms with Gasteiger partial charge in [0, 0.05) is 11.6 Å². The van der Waals surface area contributed by atoms with Gasteiger partial charge in [-0.25, -0.2) is 4.39 Å². The van der Waals surface area contributed by atoms with Crippen molar-refractivity contribution in [2.24, 2.45) is 0 Å². The van der Waals surface area contributed by atoms with Crippen LogP contribution in [0.2, 0.25) is 0 Å². The van der Waals surface area contributed by atoms with Gasteiger partial charge in [-0.05, 0) is 31.2 Å². The van der Waals surface area contributed by atoms with Crippen LogP contribution >= 0.6 is 0 Å². The van der Waals surface area contributed by atoms with Crippen LogP contribution in [0, 0.1) is 12.7 Å². The number of benzene rings is 2. The first-order valence-electron chi connectivity index (χ1n) is 5.91. The van der Waals surface area contributed by atoms with Crippen LogP contribution in [0.3, 0.4) is 0 Å². The normalized spacial score (nSPS) is 10.3.